The van der Waals surface area contributed by atoms with Gasteiger partial charge < -0.3 is 52.1 Å². The highest BCUT2D eigenvalue weighted by atomic mass is 35.5. The van der Waals surface area contributed by atoms with Crippen molar-refractivity contribution in [1.82, 2.24) is 0 Å². The van der Waals surface area contributed by atoms with Crippen LogP contribution in [0.3, 0.4) is 0 Å². The van der Waals surface area contributed by atoms with E-state index in [0.717, 1.165) is 67.2 Å². The first-order valence-electron chi connectivity index (χ1n) is 26.6. The second-order valence-electron chi connectivity index (χ2n) is 20.5. The van der Waals surface area contributed by atoms with Crippen LogP contribution in [0, 0.1) is 17.8 Å². The molecule has 2 aliphatic carbocycles. The van der Waals surface area contributed by atoms with E-state index in [4.69, 9.17) is 63.7 Å². The Morgan fingerprint density at radius 1 is 0.616 bits per heavy atom. The summed E-state index contributed by atoms with van der Waals surface area (Å²) in [5, 5.41) is 0. The first-order valence-corrected chi connectivity index (χ1v) is 27.1. The fourth-order valence-electron chi connectivity index (χ4n) is 11.1. The number of carbonyl (C=O) groups is 2. The lowest BCUT2D eigenvalue weighted by Gasteiger charge is -2.51. The van der Waals surface area contributed by atoms with Crippen LogP contribution in [0.25, 0.3) is 0 Å². The number of hydrogen-bond donors (Lipinski definition) is 0. The summed E-state index contributed by atoms with van der Waals surface area (Å²) in [5.74, 6) is -1.45. The van der Waals surface area contributed by atoms with E-state index in [1.165, 1.54) is 0 Å². The molecule has 4 aromatic carbocycles. The number of hydrogen-bond acceptors (Lipinski definition) is 13. The third-order valence-corrected chi connectivity index (χ3v) is 15.5. The van der Waals surface area contributed by atoms with Crippen LogP contribution in [0.1, 0.15) is 107 Å². The summed E-state index contributed by atoms with van der Waals surface area (Å²) in [7, 11) is 0. The average molecular weight is 1030 g/mol. The summed E-state index contributed by atoms with van der Waals surface area (Å²) in [4.78, 5) is 28.0. The van der Waals surface area contributed by atoms with Crippen molar-refractivity contribution in [2.24, 2.45) is 17.8 Å². The fraction of sp³-hybridized carbons (Fsp3) is 0.559. The molecule has 0 aromatic heterocycles. The third kappa shape index (κ3) is 14.2. The highest BCUT2D eigenvalue weighted by Crippen LogP contribution is 2.42. The van der Waals surface area contributed by atoms with E-state index in [1.807, 2.05) is 116 Å². The van der Waals surface area contributed by atoms with Crippen molar-refractivity contribution in [3.05, 3.63) is 144 Å². The Hall–Kier alpha value is -4.25. The minimum Gasteiger partial charge on any atom is -0.459 e. The Morgan fingerprint density at radius 2 is 1.22 bits per heavy atom. The summed E-state index contributed by atoms with van der Waals surface area (Å²) in [6.45, 7) is 7.21. The van der Waals surface area contributed by atoms with Crippen LogP contribution in [-0.2, 0) is 81.5 Å². The molecule has 73 heavy (non-hydrogen) atoms. The van der Waals surface area contributed by atoms with Crippen LogP contribution in [0.15, 0.2) is 121 Å². The summed E-state index contributed by atoms with van der Waals surface area (Å²) in [6.07, 6.45) is -2.17. The summed E-state index contributed by atoms with van der Waals surface area (Å²) in [5.41, 5.74) is 3.71. The molecule has 5 fully saturated rings. The second-order valence-corrected chi connectivity index (χ2v) is 20.8. The number of carbonyl (C=O) groups excluding carboxylic acids is 2. The minimum absolute atomic E-state index is 0.00920. The maximum absolute atomic E-state index is 14.4. The van der Waals surface area contributed by atoms with Crippen LogP contribution >= 0.6 is 11.6 Å². The molecule has 0 N–H and O–H groups in total. The number of rotatable bonds is 20. The van der Waals surface area contributed by atoms with Crippen LogP contribution in [0.4, 0.5) is 0 Å². The lowest BCUT2D eigenvalue weighted by Crippen LogP contribution is -2.66. The molecule has 0 spiro atoms. The third-order valence-electron chi connectivity index (χ3n) is 15.3. The molecular weight excluding hydrogens is 952 g/mol. The van der Waals surface area contributed by atoms with E-state index < -0.39 is 85.5 Å². The topological polar surface area (TPSA) is 136 Å². The first kappa shape index (κ1) is 53.6. The Balaban J connectivity index is 1.01. The first-order chi connectivity index (χ1) is 35.7. The van der Waals surface area contributed by atoms with Crippen LogP contribution in [-0.4, -0.2) is 98.0 Å². The van der Waals surface area contributed by atoms with Crippen LogP contribution in [0.5, 0.6) is 0 Å². The van der Waals surface area contributed by atoms with Crippen LogP contribution < -0.4 is 0 Å². The maximum atomic E-state index is 14.4. The van der Waals surface area contributed by atoms with Gasteiger partial charge in [0.2, 0.25) is 0 Å². The molecule has 0 radical (unpaired) electrons. The molecule has 3 saturated heterocycles. The Bertz CT molecular complexity index is 2270. The highest BCUT2D eigenvalue weighted by Gasteiger charge is 2.56. The maximum Gasteiger partial charge on any atom is 0.335 e. The fourth-order valence-corrected chi connectivity index (χ4v) is 11.1. The van der Waals surface area contributed by atoms with Crippen LogP contribution in [0.2, 0.25) is 0 Å². The largest absolute Gasteiger partial charge is 0.459 e. The van der Waals surface area contributed by atoms with Crippen molar-refractivity contribution in [2.45, 2.75) is 178 Å². The monoisotopic (exact) mass is 1020 g/mol. The molecule has 2 saturated carbocycles. The number of alkyl halides is 1. The normalized spacial score (nSPS) is 32.2. The van der Waals surface area contributed by atoms with Gasteiger partial charge >= 0.3 is 11.9 Å². The van der Waals surface area contributed by atoms with Gasteiger partial charge in [-0.3, -0.25) is 4.79 Å². The lowest BCUT2D eigenvalue weighted by atomic mass is 9.85. The Labute approximate surface area is 435 Å². The van der Waals surface area contributed by atoms with Crippen molar-refractivity contribution in [2.75, 3.05) is 12.5 Å². The zero-order valence-corrected chi connectivity index (χ0v) is 43.1. The molecule has 14 heteroatoms. The van der Waals surface area contributed by atoms with Crippen molar-refractivity contribution in [1.29, 1.82) is 0 Å². The van der Waals surface area contributed by atoms with Gasteiger partial charge in [0.1, 0.15) is 36.9 Å². The van der Waals surface area contributed by atoms with Crippen molar-refractivity contribution in [3.63, 3.8) is 0 Å². The number of esters is 2. The van der Waals surface area contributed by atoms with Gasteiger partial charge in [-0.15, -0.1) is 11.6 Å². The van der Waals surface area contributed by atoms with Gasteiger partial charge in [-0.05, 0) is 54.7 Å². The van der Waals surface area contributed by atoms with Gasteiger partial charge in [-0.25, -0.2) is 4.79 Å². The lowest BCUT2D eigenvalue weighted by molar-refractivity contribution is -0.382. The molecule has 9 rings (SSSR count). The molecule has 15 atom stereocenters. The Kier molecular flexibility index (Phi) is 19.4. The summed E-state index contributed by atoms with van der Waals surface area (Å²) < 4.78 is 74.1. The van der Waals surface area contributed by atoms with Gasteiger partial charge in [0.25, 0.3) is 0 Å². The van der Waals surface area contributed by atoms with E-state index >= 15 is 0 Å². The number of ether oxygens (including phenoxy) is 11. The Morgan fingerprint density at radius 3 is 1.86 bits per heavy atom. The zero-order valence-electron chi connectivity index (χ0n) is 42.4. The van der Waals surface area contributed by atoms with Gasteiger partial charge in [-0.1, -0.05) is 174 Å². The molecule has 394 valence electrons. The van der Waals surface area contributed by atoms with E-state index in [9.17, 15) is 9.59 Å². The van der Waals surface area contributed by atoms with E-state index in [-0.39, 0.29) is 43.2 Å². The van der Waals surface area contributed by atoms with Gasteiger partial charge in [0, 0.05) is 11.5 Å². The van der Waals surface area contributed by atoms with Gasteiger partial charge in [-0.2, -0.15) is 0 Å². The molecule has 3 heterocycles. The van der Waals surface area contributed by atoms with Crippen molar-refractivity contribution in [3.8, 4) is 0 Å². The molecular formula is C59H73ClO13. The van der Waals surface area contributed by atoms with E-state index in [0.29, 0.717) is 26.1 Å². The smallest absolute Gasteiger partial charge is 0.335 e. The second kappa shape index (κ2) is 26.5. The van der Waals surface area contributed by atoms with Crippen molar-refractivity contribution < 1.29 is 61.7 Å². The summed E-state index contributed by atoms with van der Waals surface area (Å²) in [6, 6.07) is 39.3. The number of benzene rings is 4. The van der Waals surface area contributed by atoms with Gasteiger partial charge in [0.05, 0.1) is 44.2 Å². The minimum atomic E-state index is -1.24. The number of fused-ring (bicyclic) bond motifs is 1. The molecule has 7 unspecified atom stereocenters. The molecule has 3 aliphatic heterocycles. The van der Waals surface area contributed by atoms with E-state index in [1.54, 1.807) is 0 Å². The quantitative estimate of drug-likeness (QED) is 0.0614. The molecule has 0 amide bonds. The van der Waals surface area contributed by atoms with E-state index in [2.05, 4.69) is 26.0 Å². The molecule has 4 aromatic rings. The van der Waals surface area contributed by atoms with Gasteiger partial charge in [0.15, 0.2) is 31.1 Å². The van der Waals surface area contributed by atoms with Crippen molar-refractivity contribution >= 4 is 23.5 Å². The predicted molar refractivity (Wildman–Crippen MR) is 272 cm³/mol. The highest BCUT2D eigenvalue weighted by molar-refractivity contribution is 6.26. The summed E-state index contributed by atoms with van der Waals surface area (Å²) >= 11 is 6.23. The standard InChI is InChI=1S/C59H73ClO13/c1-38-20-19-31-46(50(38)72-58-54(64-35-43-25-13-6-14-26-43)51(39(2)40(3)67-58)63-34-42-23-11-5-12-24-42)69-59-55(71-49(61)33-60)53(52-48(70-59)37-66-57(73-52)45-29-17-8-18-30-45)68-47(32-41-21-9-4-10-22-41)56(62)65-36-44-27-15-7-16-28-44/h5-8,11-18,23-30,38-41,46-48,50-55,57-59H,4,9-10,19-22,31-37H2,1-3H3/t38?,39?,40?,46-,47+,48+,50-,51+,52+,53?,54?,55?,57?,58+,59-/m1/s1. The zero-order chi connectivity index (χ0) is 50.5. The average Bonchev–Trinajstić information content (AvgIpc) is 3.43. The SMILES string of the molecule is CC1O[C@@H](O[C@@H]2C(C)CCC[C@H]2O[C@@H]2O[C@H]3COC(c4ccccc4)O[C@@H]3C(O[C@@H](CC3CCCCC3)C(=O)OCc3ccccc3)C2OC(=O)CCl)C(OCc2ccccc2)[C@@H](OCc2ccccc2)C1C. The molecule has 13 nitrogen and oxygen atoms in total. The molecule has 5 aliphatic rings. The predicted octanol–water partition coefficient (Wildman–Crippen LogP) is 10.6. The molecule has 0 bridgehead atoms. The number of halogens is 1.